The van der Waals surface area contributed by atoms with Crippen molar-refractivity contribution in [1.82, 2.24) is 15.5 Å². The molecule has 0 aliphatic rings. The molecule has 0 unspecified atom stereocenters. The molecule has 2 rings (SSSR count). The highest BCUT2D eigenvalue weighted by Crippen LogP contribution is 2.29. The second-order valence-electron chi connectivity index (χ2n) is 5.23. The number of hydrogen-bond donors (Lipinski definition) is 1. The predicted octanol–water partition coefficient (Wildman–Crippen LogP) is 4.04. The van der Waals surface area contributed by atoms with E-state index in [-0.39, 0.29) is 5.54 Å². The maximum absolute atomic E-state index is 5.90. The van der Waals surface area contributed by atoms with Crippen molar-refractivity contribution in [1.29, 1.82) is 0 Å². The van der Waals surface area contributed by atoms with Gasteiger partial charge in [0.25, 0.3) is 0 Å². The summed E-state index contributed by atoms with van der Waals surface area (Å²) in [6, 6.07) is 5.44. The standard InChI is InChI=1S/C13H15BrClN3O/c1-13(2,3)16-7-11-17-18-12(19-11)9-5-4-8(15)6-10(9)14/h4-6,16H,7H2,1-3H3. The van der Waals surface area contributed by atoms with E-state index in [9.17, 15) is 0 Å². The molecule has 4 nitrogen and oxygen atoms in total. The highest BCUT2D eigenvalue weighted by Gasteiger charge is 2.14. The molecule has 0 bridgehead atoms. The van der Waals surface area contributed by atoms with Crippen LogP contribution in [0.25, 0.3) is 11.5 Å². The van der Waals surface area contributed by atoms with Crippen LogP contribution in [0.4, 0.5) is 0 Å². The fourth-order valence-electron chi connectivity index (χ4n) is 1.44. The van der Waals surface area contributed by atoms with Crippen molar-refractivity contribution in [2.24, 2.45) is 0 Å². The largest absolute Gasteiger partial charge is 0.419 e. The number of benzene rings is 1. The molecule has 0 fully saturated rings. The SMILES string of the molecule is CC(C)(C)NCc1nnc(-c2ccc(Cl)cc2Br)o1. The third-order valence-corrected chi connectivity index (χ3v) is 3.29. The van der Waals surface area contributed by atoms with Crippen LogP contribution in [0.5, 0.6) is 0 Å². The summed E-state index contributed by atoms with van der Waals surface area (Å²) in [6.07, 6.45) is 0. The molecule has 0 radical (unpaired) electrons. The minimum absolute atomic E-state index is 0.00941. The van der Waals surface area contributed by atoms with Gasteiger partial charge >= 0.3 is 0 Å². The molecule has 0 amide bonds. The Labute approximate surface area is 125 Å². The summed E-state index contributed by atoms with van der Waals surface area (Å²) in [5.74, 6) is 1.04. The van der Waals surface area contributed by atoms with Crippen molar-refractivity contribution < 1.29 is 4.42 Å². The highest BCUT2D eigenvalue weighted by atomic mass is 79.9. The quantitative estimate of drug-likeness (QED) is 0.913. The monoisotopic (exact) mass is 343 g/mol. The Morgan fingerprint density at radius 3 is 2.68 bits per heavy atom. The van der Waals surface area contributed by atoms with Gasteiger partial charge in [0.15, 0.2) is 0 Å². The Morgan fingerprint density at radius 2 is 2.05 bits per heavy atom. The summed E-state index contributed by atoms with van der Waals surface area (Å²) < 4.78 is 6.46. The number of aromatic nitrogens is 2. The fourth-order valence-corrected chi connectivity index (χ4v) is 2.29. The van der Waals surface area contributed by atoms with Gasteiger partial charge in [0, 0.05) is 15.0 Å². The lowest BCUT2D eigenvalue weighted by Crippen LogP contribution is -2.35. The Bertz CT molecular complexity index is 578. The minimum atomic E-state index is 0.00941. The Hall–Kier alpha value is -0.910. The summed E-state index contributed by atoms with van der Waals surface area (Å²) >= 11 is 9.34. The van der Waals surface area contributed by atoms with Crippen molar-refractivity contribution in [2.45, 2.75) is 32.9 Å². The first-order valence-electron chi connectivity index (χ1n) is 5.88. The number of nitrogens with one attached hydrogen (secondary N) is 1. The van der Waals surface area contributed by atoms with Crippen molar-refractivity contribution in [3.8, 4) is 11.5 Å². The summed E-state index contributed by atoms with van der Waals surface area (Å²) in [6.45, 7) is 6.79. The van der Waals surface area contributed by atoms with Crippen LogP contribution in [0.2, 0.25) is 5.02 Å². The number of rotatable bonds is 3. The molecule has 1 aromatic heterocycles. The number of nitrogens with zero attached hydrogens (tertiary/aromatic N) is 2. The third kappa shape index (κ3) is 4.03. The first-order valence-corrected chi connectivity index (χ1v) is 7.05. The molecule has 0 spiro atoms. The maximum Gasteiger partial charge on any atom is 0.248 e. The van der Waals surface area contributed by atoms with E-state index in [1.54, 1.807) is 12.1 Å². The van der Waals surface area contributed by atoms with Crippen molar-refractivity contribution in [3.63, 3.8) is 0 Å². The van der Waals surface area contributed by atoms with Gasteiger partial charge in [-0.3, -0.25) is 0 Å². The van der Waals surface area contributed by atoms with Crippen LogP contribution in [0.3, 0.4) is 0 Å². The zero-order valence-corrected chi connectivity index (χ0v) is 13.3. The van der Waals surface area contributed by atoms with Gasteiger partial charge in [-0.2, -0.15) is 0 Å². The van der Waals surface area contributed by atoms with Gasteiger partial charge in [0.2, 0.25) is 11.8 Å². The van der Waals surface area contributed by atoms with Gasteiger partial charge in [-0.1, -0.05) is 11.6 Å². The van der Waals surface area contributed by atoms with E-state index in [4.69, 9.17) is 16.0 Å². The van der Waals surface area contributed by atoms with Crippen LogP contribution in [-0.2, 0) is 6.54 Å². The van der Waals surface area contributed by atoms with E-state index in [2.05, 4.69) is 52.2 Å². The number of halogens is 2. The smallest absolute Gasteiger partial charge is 0.248 e. The summed E-state index contributed by atoms with van der Waals surface area (Å²) in [7, 11) is 0. The molecular weight excluding hydrogens is 330 g/mol. The van der Waals surface area contributed by atoms with Crippen molar-refractivity contribution >= 4 is 27.5 Å². The first-order chi connectivity index (χ1) is 8.85. The topological polar surface area (TPSA) is 51.0 Å². The number of hydrogen-bond acceptors (Lipinski definition) is 4. The van der Waals surface area contributed by atoms with Gasteiger partial charge in [-0.25, -0.2) is 0 Å². The average molecular weight is 345 g/mol. The van der Waals surface area contributed by atoms with E-state index in [1.807, 2.05) is 6.07 Å². The van der Waals surface area contributed by atoms with Crippen LogP contribution >= 0.6 is 27.5 Å². The molecule has 0 aliphatic heterocycles. The molecule has 1 aromatic carbocycles. The lowest BCUT2D eigenvalue weighted by Gasteiger charge is -2.18. The van der Waals surface area contributed by atoms with E-state index in [0.29, 0.717) is 23.3 Å². The summed E-state index contributed by atoms with van der Waals surface area (Å²) in [5, 5.41) is 12.0. The van der Waals surface area contributed by atoms with E-state index in [0.717, 1.165) is 10.0 Å². The van der Waals surface area contributed by atoms with Crippen LogP contribution in [-0.4, -0.2) is 15.7 Å². The van der Waals surface area contributed by atoms with E-state index in [1.165, 1.54) is 0 Å². The maximum atomic E-state index is 5.90. The first kappa shape index (κ1) is 14.5. The van der Waals surface area contributed by atoms with Crippen LogP contribution in [0, 0.1) is 0 Å². The third-order valence-electron chi connectivity index (χ3n) is 2.40. The van der Waals surface area contributed by atoms with E-state index < -0.39 is 0 Å². The lowest BCUT2D eigenvalue weighted by molar-refractivity contribution is 0.383. The molecule has 1 N–H and O–H groups in total. The van der Waals surface area contributed by atoms with Gasteiger partial charge < -0.3 is 9.73 Å². The molecule has 0 saturated carbocycles. The van der Waals surface area contributed by atoms with Crippen molar-refractivity contribution in [3.05, 3.63) is 33.6 Å². The van der Waals surface area contributed by atoms with Crippen LogP contribution in [0.1, 0.15) is 26.7 Å². The van der Waals surface area contributed by atoms with E-state index >= 15 is 0 Å². The molecule has 0 atom stereocenters. The molecule has 0 aliphatic carbocycles. The van der Waals surface area contributed by atoms with Crippen LogP contribution < -0.4 is 5.32 Å². The summed E-state index contributed by atoms with van der Waals surface area (Å²) in [5.41, 5.74) is 0.842. The molecule has 102 valence electrons. The molecule has 6 heteroatoms. The molecule has 0 saturated heterocycles. The second kappa shape index (κ2) is 5.61. The van der Waals surface area contributed by atoms with Gasteiger partial charge in [-0.05, 0) is 54.9 Å². The van der Waals surface area contributed by atoms with Gasteiger partial charge in [0.05, 0.1) is 12.1 Å². The predicted molar refractivity (Wildman–Crippen MR) is 79.0 cm³/mol. The zero-order chi connectivity index (χ0) is 14.0. The fraction of sp³-hybridized carbons (Fsp3) is 0.385. The van der Waals surface area contributed by atoms with Crippen molar-refractivity contribution in [2.75, 3.05) is 0 Å². The van der Waals surface area contributed by atoms with Gasteiger partial charge in [-0.15, -0.1) is 10.2 Å². The van der Waals surface area contributed by atoms with Crippen LogP contribution in [0.15, 0.2) is 27.1 Å². The second-order valence-corrected chi connectivity index (χ2v) is 6.52. The Kier molecular flexibility index (Phi) is 4.28. The normalized spacial score (nSPS) is 11.8. The minimum Gasteiger partial charge on any atom is -0.419 e. The lowest BCUT2D eigenvalue weighted by atomic mass is 10.1. The Morgan fingerprint density at radius 1 is 1.32 bits per heavy atom. The molecular formula is C13H15BrClN3O. The van der Waals surface area contributed by atoms with Gasteiger partial charge in [0.1, 0.15) is 0 Å². The average Bonchev–Trinajstić information content (AvgIpc) is 2.74. The zero-order valence-electron chi connectivity index (χ0n) is 11.0. The molecule has 19 heavy (non-hydrogen) atoms. The summed E-state index contributed by atoms with van der Waals surface area (Å²) in [4.78, 5) is 0. The molecule has 1 heterocycles. The highest BCUT2D eigenvalue weighted by molar-refractivity contribution is 9.10. The molecule has 2 aromatic rings. The Balaban J connectivity index is 2.16.